The van der Waals surface area contributed by atoms with Gasteiger partial charge in [-0.3, -0.25) is 0 Å². The van der Waals surface area contributed by atoms with Crippen LogP contribution in [-0.4, -0.2) is 58.8 Å². The first kappa shape index (κ1) is 12.8. The highest BCUT2D eigenvalue weighted by molar-refractivity contribution is 6.28. The molecule has 0 saturated heterocycles. The molecule has 0 bridgehead atoms. The van der Waals surface area contributed by atoms with Crippen LogP contribution >= 0.6 is 0 Å². The number of rotatable bonds is 5. The maximum atomic E-state index is 10.5. The average molecular weight is 208 g/mol. The topological polar surface area (TPSA) is 124 Å². The van der Waals surface area contributed by atoms with E-state index in [0.717, 1.165) is 0 Å². The minimum absolute atomic E-state index is 0.554. The standard InChI is InChI=1S/C7H12O7/c8-1-7(2-9,3-10)4-14-6(13)5(11)12/h8-10H,1-4H2,(H,11,12). The molecule has 0 radical (unpaired) electrons. The maximum Gasteiger partial charge on any atom is 0.417 e. The Morgan fingerprint density at radius 2 is 1.50 bits per heavy atom. The van der Waals surface area contributed by atoms with Gasteiger partial charge in [-0.05, 0) is 0 Å². The zero-order valence-corrected chi connectivity index (χ0v) is 7.34. The van der Waals surface area contributed by atoms with Gasteiger partial charge in [0.05, 0.1) is 25.2 Å². The van der Waals surface area contributed by atoms with Gasteiger partial charge in [0.15, 0.2) is 0 Å². The summed E-state index contributed by atoms with van der Waals surface area (Å²) in [7, 11) is 0. The minimum Gasteiger partial charge on any atom is -0.473 e. The van der Waals surface area contributed by atoms with Gasteiger partial charge in [-0.1, -0.05) is 0 Å². The minimum atomic E-state index is -1.77. The number of hydrogen-bond acceptors (Lipinski definition) is 6. The smallest absolute Gasteiger partial charge is 0.417 e. The van der Waals surface area contributed by atoms with Crippen molar-refractivity contribution in [2.45, 2.75) is 0 Å². The predicted molar refractivity (Wildman–Crippen MR) is 42.3 cm³/mol. The summed E-state index contributed by atoms with van der Waals surface area (Å²) in [5.74, 6) is -3.27. The lowest BCUT2D eigenvalue weighted by Crippen LogP contribution is -2.40. The van der Waals surface area contributed by atoms with Crippen molar-refractivity contribution in [3.8, 4) is 0 Å². The summed E-state index contributed by atoms with van der Waals surface area (Å²) in [6, 6.07) is 0. The summed E-state index contributed by atoms with van der Waals surface area (Å²) in [6.45, 7) is -2.41. The quantitative estimate of drug-likeness (QED) is 0.292. The van der Waals surface area contributed by atoms with Crippen LogP contribution in [0, 0.1) is 5.41 Å². The number of carbonyl (C=O) groups excluding carboxylic acids is 1. The molecule has 0 atom stereocenters. The van der Waals surface area contributed by atoms with Crippen LogP contribution < -0.4 is 0 Å². The van der Waals surface area contributed by atoms with Crippen molar-refractivity contribution in [2.24, 2.45) is 5.41 Å². The van der Waals surface area contributed by atoms with Crippen molar-refractivity contribution in [3.63, 3.8) is 0 Å². The molecule has 4 N–H and O–H groups in total. The second-order valence-electron chi connectivity index (χ2n) is 2.86. The molecule has 0 spiro atoms. The lowest BCUT2D eigenvalue weighted by molar-refractivity contribution is -0.168. The van der Waals surface area contributed by atoms with Gasteiger partial charge in [-0.25, -0.2) is 9.59 Å². The van der Waals surface area contributed by atoms with Gasteiger partial charge in [-0.15, -0.1) is 0 Å². The summed E-state index contributed by atoms with van der Waals surface area (Å²) in [4.78, 5) is 20.5. The number of aliphatic hydroxyl groups is 3. The molecule has 0 aliphatic carbocycles. The summed E-state index contributed by atoms with van der Waals surface area (Å²) < 4.78 is 4.22. The summed E-state index contributed by atoms with van der Waals surface area (Å²) in [5, 5.41) is 34.4. The second-order valence-corrected chi connectivity index (χ2v) is 2.86. The summed E-state index contributed by atoms with van der Waals surface area (Å²) in [5.41, 5.74) is -1.40. The predicted octanol–water partition coefficient (Wildman–Crippen LogP) is -2.42. The molecule has 0 saturated carbocycles. The molecule has 0 aromatic carbocycles. The third-order valence-electron chi connectivity index (χ3n) is 1.69. The maximum absolute atomic E-state index is 10.5. The largest absolute Gasteiger partial charge is 0.473 e. The van der Waals surface area contributed by atoms with Crippen LogP contribution in [0.1, 0.15) is 0 Å². The Morgan fingerprint density at radius 3 is 1.79 bits per heavy atom. The highest BCUT2D eigenvalue weighted by Crippen LogP contribution is 2.14. The molecule has 0 aromatic heterocycles. The lowest BCUT2D eigenvalue weighted by Gasteiger charge is -2.25. The monoisotopic (exact) mass is 208 g/mol. The van der Waals surface area contributed by atoms with E-state index in [1.807, 2.05) is 0 Å². The molecule has 0 aromatic rings. The SMILES string of the molecule is O=C(O)C(=O)OCC(CO)(CO)CO. The number of hydrogen-bond donors (Lipinski definition) is 4. The van der Waals surface area contributed by atoms with E-state index < -0.39 is 43.8 Å². The number of esters is 1. The van der Waals surface area contributed by atoms with Crippen molar-refractivity contribution in [2.75, 3.05) is 26.4 Å². The van der Waals surface area contributed by atoms with E-state index in [-0.39, 0.29) is 0 Å². The fourth-order valence-electron chi connectivity index (χ4n) is 0.567. The van der Waals surface area contributed by atoms with Crippen LogP contribution in [0.5, 0.6) is 0 Å². The Hall–Kier alpha value is -1.18. The zero-order valence-electron chi connectivity index (χ0n) is 7.34. The molecular formula is C7H12O7. The van der Waals surface area contributed by atoms with Gasteiger partial charge >= 0.3 is 11.9 Å². The van der Waals surface area contributed by atoms with Gasteiger partial charge in [0.25, 0.3) is 0 Å². The van der Waals surface area contributed by atoms with Crippen LogP contribution in [0.2, 0.25) is 0 Å². The fraction of sp³-hybridized carbons (Fsp3) is 0.714. The molecule has 0 rings (SSSR count). The number of ether oxygens (including phenoxy) is 1. The Bertz CT molecular complexity index is 200. The van der Waals surface area contributed by atoms with Crippen molar-refractivity contribution in [3.05, 3.63) is 0 Å². The van der Waals surface area contributed by atoms with Gasteiger partial charge in [0.2, 0.25) is 0 Å². The van der Waals surface area contributed by atoms with Crippen LogP contribution in [0.15, 0.2) is 0 Å². The zero-order chi connectivity index (χ0) is 11.2. The highest BCUT2D eigenvalue weighted by atomic mass is 16.6. The van der Waals surface area contributed by atoms with Gasteiger partial charge < -0.3 is 25.2 Å². The molecule has 0 aliphatic heterocycles. The first-order valence-electron chi connectivity index (χ1n) is 3.74. The van der Waals surface area contributed by atoms with Crippen LogP contribution in [0.25, 0.3) is 0 Å². The number of carboxylic acid groups (broad SMARTS) is 1. The van der Waals surface area contributed by atoms with Crippen molar-refractivity contribution in [1.29, 1.82) is 0 Å². The average Bonchev–Trinajstić information content (AvgIpc) is 2.20. The van der Waals surface area contributed by atoms with Gasteiger partial charge in [-0.2, -0.15) is 0 Å². The van der Waals surface area contributed by atoms with E-state index in [0.29, 0.717) is 0 Å². The van der Waals surface area contributed by atoms with Crippen molar-refractivity contribution in [1.82, 2.24) is 0 Å². The Balaban J connectivity index is 4.19. The van der Waals surface area contributed by atoms with Gasteiger partial charge in [0, 0.05) is 0 Å². The Labute approximate surface area is 79.5 Å². The van der Waals surface area contributed by atoms with Crippen molar-refractivity contribution >= 4 is 11.9 Å². The normalized spacial score (nSPS) is 11.1. The summed E-state index contributed by atoms with van der Waals surface area (Å²) >= 11 is 0. The van der Waals surface area contributed by atoms with Gasteiger partial charge in [0.1, 0.15) is 6.61 Å². The van der Waals surface area contributed by atoms with Crippen molar-refractivity contribution < 1.29 is 34.8 Å². The molecule has 0 aliphatic rings. The Kier molecular flexibility index (Phi) is 5.06. The lowest BCUT2D eigenvalue weighted by atomic mass is 9.93. The molecular weight excluding hydrogens is 196 g/mol. The highest BCUT2D eigenvalue weighted by Gasteiger charge is 2.31. The Morgan fingerprint density at radius 1 is 1.07 bits per heavy atom. The molecule has 7 nitrogen and oxygen atoms in total. The number of aliphatic hydroxyl groups excluding tert-OH is 3. The van der Waals surface area contributed by atoms with E-state index in [9.17, 15) is 9.59 Å². The molecule has 82 valence electrons. The van der Waals surface area contributed by atoms with E-state index >= 15 is 0 Å². The molecule has 14 heavy (non-hydrogen) atoms. The molecule has 0 heterocycles. The van der Waals surface area contributed by atoms with Crippen LogP contribution in [0.3, 0.4) is 0 Å². The summed E-state index contributed by atoms with van der Waals surface area (Å²) in [6.07, 6.45) is 0. The molecule has 0 amide bonds. The first-order chi connectivity index (χ1) is 6.51. The molecule has 0 unspecified atom stereocenters. The van der Waals surface area contributed by atoms with E-state index in [1.54, 1.807) is 0 Å². The number of aliphatic carboxylic acids is 1. The third kappa shape index (κ3) is 3.29. The third-order valence-corrected chi connectivity index (χ3v) is 1.69. The second kappa shape index (κ2) is 5.53. The van der Waals surface area contributed by atoms with E-state index in [2.05, 4.69) is 4.74 Å². The number of carboxylic acids is 1. The molecule has 7 heteroatoms. The van der Waals surface area contributed by atoms with Crippen LogP contribution in [-0.2, 0) is 14.3 Å². The fourth-order valence-corrected chi connectivity index (χ4v) is 0.567. The van der Waals surface area contributed by atoms with Crippen LogP contribution in [0.4, 0.5) is 0 Å². The van der Waals surface area contributed by atoms with E-state index in [1.165, 1.54) is 0 Å². The number of carbonyl (C=O) groups is 2. The molecule has 0 fully saturated rings. The van der Waals surface area contributed by atoms with E-state index in [4.69, 9.17) is 20.4 Å². The first-order valence-corrected chi connectivity index (χ1v) is 3.74.